The highest BCUT2D eigenvalue weighted by atomic mass is 16.5. The fraction of sp³-hybridized carbons (Fsp3) is 0.400. The molecule has 5 nitrogen and oxygen atoms in total. The quantitative estimate of drug-likeness (QED) is 0.818. The van der Waals surface area contributed by atoms with Gasteiger partial charge in [0, 0.05) is 6.54 Å². The molecule has 0 aliphatic carbocycles. The Morgan fingerprint density at radius 1 is 1.56 bits per heavy atom. The number of nitrogens with zero attached hydrogens (tertiary/aromatic N) is 2. The summed E-state index contributed by atoms with van der Waals surface area (Å²) in [5, 5.41) is 0. The molecule has 1 aliphatic heterocycles. The van der Waals surface area contributed by atoms with Crippen molar-refractivity contribution in [1.29, 1.82) is 0 Å². The van der Waals surface area contributed by atoms with Crippen LogP contribution in [-0.4, -0.2) is 40.0 Å². The third-order valence-electron chi connectivity index (χ3n) is 4.59. The molecular weight excluding hydrogens is 314 g/mol. The minimum atomic E-state index is -0.468. The van der Waals surface area contributed by atoms with Gasteiger partial charge in [0.2, 0.25) is 0 Å². The summed E-state index contributed by atoms with van der Waals surface area (Å²) in [6, 6.07) is 8.28. The number of hydrogen-bond donors (Lipinski definition) is 1. The summed E-state index contributed by atoms with van der Waals surface area (Å²) < 4.78 is 5.50. The van der Waals surface area contributed by atoms with Gasteiger partial charge in [-0.1, -0.05) is 29.8 Å². The van der Waals surface area contributed by atoms with Crippen LogP contribution in [0.3, 0.4) is 0 Å². The van der Waals surface area contributed by atoms with Gasteiger partial charge in [0.25, 0.3) is 5.91 Å². The molecule has 1 aliphatic rings. The second-order valence-corrected chi connectivity index (χ2v) is 6.51. The lowest BCUT2D eigenvalue weighted by Crippen LogP contribution is -2.39. The van der Waals surface area contributed by atoms with Crippen molar-refractivity contribution < 1.29 is 9.53 Å². The van der Waals surface area contributed by atoms with Gasteiger partial charge >= 0.3 is 0 Å². The predicted octanol–water partition coefficient (Wildman–Crippen LogP) is 3.64. The zero-order chi connectivity index (χ0) is 17.8. The minimum Gasteiger partial charge on any atom is -0.365 e. The van der Waals surface area contributed by atoms with E-state index in [-0.39, 0.29) is 11.9 Å². The normalized spacial score (nSPS) is 18.3. The molecule has 2 aromatic rings. The van der Waals surface area contributed by atoms with Crippen LogP contribution in [0, 0.1) is 6.92 Å². The van der Waals surface area contributed by atoms with Gasteiger partial charge in [-0.15, -0.1) is 6.58 Å². The molecule has 1 amide bonds. The van der Waals surface area contributed by atoms with E-state index in [1.54, 1.807) is 13.0 Å². The summed E-state index contributed by atoms with van der Waals surface area (Å²) in [5.74, 6) is 0.858. The fourth-order valence-electron chi connectivity index (χ4n) is 3.30. The number of rotatable bonds is 6. The average molecular weight is 339 g/mol. The van der Waals surface area contributed by atoms with E-state index in [1.807, 2.05) is 17.2 Å². The Kier molecular flexibility index (Phi) is 5.34. The van der Waals surface area contributed by atoms with Crippen molar-refractivity contribution in [2.45, 2.75) is 38.8 Å². The van der Waals surface area contributed by atoms with Gasteiger partial charge in [0.1, 0.15) is 11.9 Å². The molecule has 0 radical (unpaired) electrons. The second-order valence-electron chi connectivity index (χ2n) is 6.51. The SMILES string of the molecule is C=CCO[C@@H](C)C(=O)N1CCC[C@@H]1c1ncc(-c2cccc(C)c2)[nH]1. The molecule has 0 saturated carbocycles. The van der Waals surface area contributed by atoms with Crippen LogP contribution >= 0.6 is 0 Å². The second kappa shape index (κ2) is 7.66. The molecule has 1 saturated heterocycles. The standard InChI is InChI=1S/C20H25N3O2/c1-4-11-25-15(3)20(24)23-10-6-9-18(23)19-21-13-17(22-19)16-8-5-7-14(2)12-16/h4-5,7-8,12-13,15,18H,1,6,9-11H2,2-3H3,(H,21,22)/t15-,18+/m0/s1. The van der Waals surface area contributed by atoms with Crippen molar-refractivity contribution in [3.05, 3.63) is 54.5 Å². The van der Waals surface area contributed by atoms with Gasteiger partial charge in [-0.3, -0.25) is 4.79 Å². The number of imidazole rings is 1. The molecule has 132 valence electrons. The van der Waals surface area contributed by atoms with E-state index in [9.17, 15) is 4.79 Å². The summed E-state index contributed by atoms with van der Waals surface area (Å²) in [6.45, 7) is 8.61. The number of carbonyl (C=O) groups excluding carboxylic acids is 1. The largest absolute Gasteiger partial charge is 0.365 e. The lowest BCUT2D eigenvalue weighted by molar-refractivity contribution is -0.143. The van der Waals surface area contributed by atoms with Crippen molar-refractivity contribution in [1.82, 2.24) is 14.9 Å². The van der Waals surface area contributed by atoms with Gasteiger partial charge in [-0.25, -0.2) is 4.98 Å². The minimum absolute atomic E-state index is 0.0119. The van der Waals surface area contributed by atoms with Crippen LogP contribution in [0.5, 0.6) is 0 Å². The number of hydrogen-bond acceptors (Lipinski definition) is 3. The number of benzene rings is 1. The highest BCUT2D eigenvalue weighted by Crippen LogP contribution is 2.32. The summed E-state index contributed by atoms with van der Waals surface area (Å²) >= 11 is 0. The molecule has 1 fully saturated rings. The summed E-state index contributed by atoms with van der Waals surface area (Å²) in [4.78, 5) is 22.5. The molecule has 1 aromatic carbocycles. The first-order valence-corrected chi connectivity index (χ1v) is 8.75. The number of ether oxygens (including phenoxy) is 1. The molecule has 2 atom stereocenters. The number of aromatic nitrogens is 2. The van der Waals surface area contributed by atoms with E-state index in [0.717, 1.165) is 36.5 Å². The van der Waals surface area contributed by atoms with Gasteiger partial charge in [0.05, 0.1) is 24.5 Å². The summed E-state index contributed by atoms with van der Waals surface area (Å²) in [5.41, 5.74) is 3.30. The van der Waals surface area contributed by atoms with Crippen molar-refractivity contribution in [2.75, 3.05) is 13.2 Å². The van der Waals surface area contributed by atoms with Crippen LogP contribution < -0.4 is 0 Å². The molecule has 0 bridgehead atoms. The fourth-order valence-corrected chi connectivity index (χ4v) is 3.30. The molecule has 1 N–H and O–H groups in total. The van der Waals surface area contributed by atoms with Gasteiger partial charge in [0.15, 0.2) is 0 Å². The van der Waals surface area contributed by atoms with E-state index in [0.29, 0.717) is 6.61 Å². The van der Waals surface area contributed by atoms with E-state index in [2.05, 4.69) is 41.7 Å². The first-order valence-electron chi connectivity index (χ1n) is 8.75. The van der Waals surface area contributed by atoms with Gasteiger partial charge < -0.3 is 14.6 Å². The molecule has 0 unspecified atom stereocenters. The average Bonchev–Trinajstić information content (AvgIpc) is 3.27. The lowest BCUT2D eigenvalue weighted by Gasteiger charge is -2.26. The van der Waals surface area contributed by atoms with E-state index >= 15 is 0 Å². The number of aryl methyl sites for hydroxylation is 1. The maximum absolute atomic E-state index is 12.7. The number of carbonyl (C=O) groups is 1. The molecule has 1 aromatic heterocycles. The topological polar surface area (TPSA) is 58.2 Å². The smallest absolute Gasteiger partial charge is 0.252 e. The predicted molar refractivity (Wildman–Crippen MR) is 98.1 cm³/mol. The first-order chi connectivity index (χ1) is 12.1. The van der Waals surface area contributed by atoms with Crippen molar-refractivity contribution in [3.63, 3.8) is 0 Å². The maximum atomic E-state index is 12.7. The molecule has 2 heterocycles. The summed E-state index contributed by atoms with van der Waals surface area (Å²) in [7, 11) is 0. The van der Waals surface area contributed by atoms with Crippen molar-refractivity contribution >= 4 is 5.91 Å². The Labute approximate surface area is 148 Å². The Bertz CT molecular complexity index is 753. The van der Waals surface area contributed by atoms with Crippen LogP contribution in [0.25, 0.3) is 11.3 Å². The highest BCUT2D eigenvalue weighted by Gasteiger charge is 2.34. The van der Waals surface area contributed by atoms with Gasteiger partial charge in [-0.2, -0.15) is 0 Å². The van der Waals surface area contributed by atoms with E-state index in [1.165, 1.54) is 5.56 Å². The van der Waals surface area contributed by atoms with Crippen LogP contribution in [-0.2, 0) is 9.53 Å². The van der Waals surface area contributed by atoms with Gasteiger partial charge in [-0.05, 0) is 38.3 Å². The third-order valence-corrected chi connectivity index (χ3v) is 4.59. The van der Waals surface area contributed by atoms with Crippen molar-refractivity contribution in [3.8, 4) is 11.3 Å². The zero-order valence-corrected chi connectivity index (χ0v) is 14.9. The third kappa shape index (κ3) is 3.82. The Hall–Kier alpha value is -2.40. The first kappa shape index (κ1) is 17.4. The van der Waals surface area contributed by atoms with Crippen molar-refractivity contribution in [2.24, 2.45) is 0 Å². The van der Waals surface area contributed by atoms with Crippen LogP contribution in [0.1, 0.15) is 37.2 Å². The Morgan fingerprint density at radius 3 is 3.16 bits per heavy atom. The number of nitrogens with one attached hydrogen (secondary N) is 1. The van der Waals surface area contributed by atoms with E-state index in [4.69, 9.17) is 4.74 Å². The zero-order valence-electron chi connectivity index (χ0n) is 14.9. The van der Waals surface area contributed by atoms with E-state index < -0.39 is 6.10 Å². The van der Waals surface area contributed by atoms with Crippen LogP contribution in [0.2, 0.25) is 0 Å². The number of amides is 1. The molecule has 5 heteroatoms. The Balaban J connectivity index is 1.77. The molecular formula is C20H25N3O2. The highest BCUT2D eigenvalue weighted by molar-refractivity contribution is 5.81. The van der Waals surface area contributed by atoms with Crippen LogP contribution in [0.4, 0.5) is 0 Å². The number of H-pyrrole nitrogens is 1. The molecule has 3 rings (SSSR count). The summed E-state index contributed by atoms with van der Waals surface area (Å²) in [6.07, 6.45) is 4.94. The molecule has 0 spiro atoms. The monoisotopic (exact) mass is 339 g/mol. The van der Waals surface area contributed by atoms with Crippen LogP contribution in [0.15, 0.2) is 43.1 Å². The maximum Gasteiger partial charge on any atom is 0.252 e. The Morgan fingerprint density at radius 2 is 2.40 bits per heavy atom. The number of aromatic amines is 1. The molecule has 25 heavy (non-hydrogen) atoms. The number of likely N-dealkylation sites (tertiary alicyclic amines) is 1. The lowest BCUT2D eigenvalue weighted by atomic mass is 10.1.